The van der Waals surface area contributed by atoms with Gasteiger partial charge in [0.1, 0.15) is 17.4 Å². The van der Waals surface area contributed by atoms with Gasteiger partial charge in [-0.25, -0.2) is 0 Å². The van der Waals surface area contributed by atoms with Gasteiger partial charge in [0.25, 0.3) is 5.91 Å². The molecule has 0 aliphatic carbocycles. The number of rotatable bonds is 4. The first-order chi connectivity index (χ1) is 10.4. The van der Waals surface area contributed by atoms with Crippen LogP contribution in [-0.4, -0.2) is 30.8 Å². The fourth-order valence-electron chi connectivity index (χ4n) is 2.32. The molecule has 1 aliphatic rings. The molecule has 2 atom stereocenters. The molecule has 5 heteroatoms. The van der Waals surface area contributed by atoms with Gasteiger partial charge in [-0.2, -0.15) is 5.26 Å². The molecule has 1 aromatic carbocycles. The van der Waals surface area contributed by atoms with Crippen LogP contribution >= 0.6 is 0 Å². The highest BCUT2D eigenvalue weighted by Crippen LogP contribution is 2.20. The molecule has 0 aromatic heterocycles. The molecule has 2 rings (SSSR count). The van der Waals surface area contributed by atoms with E-state index in [0.717, 1.165) is 6.42 Å². The maximum absolute atomic E-state index is 12.2. The lowest BCUT2D eigenvalue weighted by Crippen LogP contribution is -2.39. The van der Waals surface area contributed by atoms with Crippen LogP contribution in [0.2, 0.25) is 0 Å². The average Bonchev–Trinajstić information content (AvgIpc) is 2.97. The van der Waals surface area contributed by atoms with Crippen molar-refractivity contribution in [2.75, 3.05) is 13.2 Å². The van der Waals surface area contributed by atoms with Gasteiger partial charge in [-0.05, 0) is 51.5 Å². The van der Waals surface area contributed by atoms with E-state index in [0.29, 0.717) is 24.5 Å². The van der Waals surface area contributed by atoms with Gasteiger partial charge in [-0.3, -0.25) is 4.79 Å². The number of nitrogens with zero attached hydrogens (tertiary/aromatic N) is 1. The van der Waals surface area contributed by atoms with Gasteiger partial charge in [0, 0.05) is 18.1 Å². The Hall–Kier alpha value is -2.06. The van der Waals surface area contributed by atoms with Gasteiger partial charge >= 0.3 is 0 Å². The fraction of sp³-hybridized carbons (Fsp3) is 0.529. The first-order valence-electron chi connectivity index (χ1n) is 7.46. The fourth-order valence-corrected chi connectivity index (χ4v) is 2.32. The van der Waals surface area contributed by atoms with E-state index in [-0.39, 0.29) is 17.4 Å². The van der Waals surface area contributed by atoms with Crippen LogP contribution in [0.4, 0.5) is 0 Å². The van der Waals surface area contributed by atoms with E-state index >= 15 is 0 Å². The van der Waals surface area contributed by atoms with Crippen molar-refractivity contribution in [3.63, 3.8) is 0 Å². The molecule has 1 amide bonds. The molecule has 0 spiro atoms. The molecule has 5 nitrogen and oxygen atoms in total. The van der Waals surface area contributed by atoms with Crippen LogP contribution in [0.3, 0.4) is 0 Å². The Bertz CT molecular complexity index is 549. The number of hydrogen-bond acceptors (Lipinski definition) is 4. The topological polar surface area (TPSA) is 71.3 Å². The Morgan fingerprint density at radius 2 is 2.09 bits per heavy atom. The highest BCUT2D eigenvalue weighted by molar-refractivity contribution is 5.94. The zero-order valence-electron chi connectivity index (χ0n) is 13.3. The summed E-state index contributed by atoms with van der Waals surface area (Å²) in [5.74, 6) is 0.531. The lowest BCUT2D eigenvalue weighted by Gasteiger charge is -2.21. The van der Waals surface area contributed by atoms with E-state index in [1.54, 1.807) is 24.3 Å². The normalized spacial score (nSPS) is 19.3. The largest absolute Gasteiger partial charge is 0.488 e. The molecule has 22 heavy (non-hydrogen) atoms. The van der Waals surface area contributed by atoms with Crippen LogP contribution in [0, 0.1) is 17.2 Å². The van der Waals surface area contributed by atoms with Gasteiger partial charge < -0.3 is 14.8 Å². The summed E-state index contributed by atoms with van der Waals surface area (Å²) in [6, 6.07) is 8.57. The standard InChI is InChI=1S/C17H22N2O3/c1-17(2,3)22-14-6-4-12(5-7-14)16(20)19-15(10-18)13-8-9-21-11-13/h4-7,13,15H,8-9,11H2,1-3H3,(H,19,20)/t13-,15+/m0/s1. The van der Waals surface area contributed by atoms with Crippen molar-refractivity contribution >= 4 is 5.91 Å². The third-order valence-electron chi connectivity index (χ3n) is 3.40. The van der Waals surface area contributed by atoms with E-state index < -0.39 is 6.04 Å². The van der Waals surface area contributed by atoms with Crippen molar-refractivity contribution in [2.45, 2.75) is 38.8 Å². The molecular formula is C17H22N2O3. The number of carbonyl (C=O) groups is 1. The molecule has 0 unspecified atom stereocenters. The summed E-state index contributed by atoms with van der Waals surface area (Å²) >= 11 is 0. The van der Waals surface area contributed by atoms with Gasteiger partial charge in [0.2, 0.25) is 0 Å². The van der Waals surface area contributed by atoms with Crippen LogP contribution in [-0.2, 0) is 4.74 Å². The van der Waals surface area contributed by atoms with Gasteiger partial charge in [0.15, 0.2) is 0 Å². The Kier molecular flexibility index (Phi) is 5.04. The van der Waals surface area contributed by atoms with Crippen molar-refractivity contribution < 1.29 is 14.3 Å². The van der Waals surface area contributed by atoms with E-state index in [1.165, 1.54) is 0 Å². The van der Waals surface area contributed by atoms with Gasteiger partial charge in [-0.15, -0.1) is 0 Å². The second-order valence-corrected chi connectivity index (χ2v) is 6.44. The van der Waals surface area contributed by atoms with Crippen molar-refractivity contribution in [2.24, 2.45) is 5.92 Å². The van der Waals surface area contributed by atoms with Crippen molar-refractivity contribution in [1.82, 2.24) is 5.32 Å². The summed E-state index contributed by atoms with van der Waals surface area (Å²) < 4.78 is 11.0. The molecule has 1 N–H and O–H groups in total. The molecule has 1 saturated heterocycles. The van der Waals surface area contributed by atoms with E-state index in [1.807, 2.05) is 20.8 Å². The van der Waals surface area contributed by atoms with Gasteiger partial charge in [-0.1, -0.05) is 0 Å². The highest BCUT2D eigenvalue weighted by Gasteiger charge is 2.27. The number of hydrogen-bond donors (Lipinski definition) is 1. The maximum Gasteiger partial charge on any atom is 0.252 e. The molecule has 1 aromatic rings. The quantitative estimate of drug-likeness (QED) is 0.927. The van der Waals surface area contributed by atoms with Crippen LogP contribution in [0.25, 0.3) is 0 Å². The van der Waals surface area contributed by atoms with Crippen LogP contribution < -0.4 is 10.1 Å². The summed E-state index contributed by atoms with van der Waals surface area (Å²) in [5.41, 5.74) is 0.235. The van der Waals surface area contributed by atoms with Crippen molar-refractivity contribution in [3.8, 4) is 11.8 Å². The molecule has 1 heterocycles. The zero-order chi connectivity index (χ0) is 16.2. The Balaban J connectivity index is 1.98. The Labute approximate surface area is 131 Å². The number of ether oxygens (including phenoxy) is 2. The summed E-state index contributed by atoms with van der Waals surface area (Å²) in [4.78, 5) is 12.2. The van der Waals surface area contributed by atoms with Crippen molar-refractivity contribution in [3.05, 3.63) is 29.8 Å². The number of nitriles is 1. The van der Waals surface area contributed by atoms with Crippen LogP contribution in [0.1, 0.15) is 37.6 Å². The van der Waals surface area contributed by atoms with E-state index in [4.69, 9.17) is 9.47 Å². The summed E-state index contributed by atoms with van der Waals surface area (Å²) in [6.07, 6.45) is 0.802. The van der Waals surface area contributed by atoms with Crippen LogP contribution in [0.5, 0.6) is 5.75 Å². The molecule has 1 aliphatic heterocycles. The minimum absolute atomic E-state index is 0.0671. The summed E-state index contributed by atoms with van der Waals surface area (Å²) in [6.45, 7) is 7.08. The second kappa shape index (κ2) is 6.80. The molecule has 0 radical (unpaired) electrons. The molecule has 0 bridgehead atoms. The predicted molar refractivity (Wildman–Crippen MR) is 82.6 cm³/mol. The predicted octanol–water partition coefficient (Wildman–Crippen LogP) is 2.52. The van der Waals surface area contributed by atoms with Gasteiger partial charge in [0.05, 0.1) is 12.7 Å². The minimum Gasteiger partial charge on any atom is -0.488 e. The zero-order valence-corrected chi connectivity index (χ0v) is 13.3. The van der Waals surface area contributed by atoms with E-state index in [9.17, 15) is 10.1 Å². The third kappa shape index (κ3) is 4.47. The lowest BCUT2D eigenvalue weighted by molar-refractivity contribution is 0.0931. The first-order valence-corrected chi connectivity index (χ1v) is 7.46. The number of carbonyl (C=O) groups excluding carboxylic acids is 1. The first kappa shape index (κ1) is 16.3. The molecule has 0 saturated carbocycles. The smallest absolute Gasteiger partial charge is 0.252 e. The van der Waals surface area contributed by atoms with E-state index in [2.05, 4.69) is 11.4 Å². The van der Waals surface area contributed by atoms with Crippen molar-refractivity contribution in [1.29, 1.82) is 5.26 Å². The second-order valence-electron chi connectivity index (χ2n) is 6.44. The molecule has 118 valence electrons. The lowest BCUT2D eigenvalue weighted by atomic mass is 10.00. The molecular weight excluding hydrogens is 280 g/mol. The maximum atomic E-state index is 12.2. The van der Waals surface area contributed by atoms with Crippen LogP contribution in [0.15, 0.2) is 24.3 Å². The summed E-state index contributed by atoms with van der Waals surface area (Å²) in [7, 11) is 0. The number of nitrogens with one attached hydrogen (secondary N) is 1. The molecule has 1 fully saturated rings. The summed E-state index contributed by atoms with van der Waals surface area (Å²) in [5, 5.41) is 12.0. The number of benzene rings is 1. The number of amides is 1. The highest BCUT2D eigenvalue weighted by atomic mass is 16.5. The minimum atomic E-state index is -0.513. The Morgan fingerprint density at radius 3 is 2.59 bits per heavy atom. The SMILES string of the molecule is CC(C)(C)Oc1ccc(C(=O)N[C@H](C#N)[C@H]2CCOC2)cc1. The average molecular weight is 302 g/mol. The Morgan fingerprint density at radius 1 is 1.41 bits per heavy atom. The monoisotopic (exact) mass is 302 g/mol. The third-order valence-corrected chi connectivity index (χ3v) is 3.40.